The Balaban J connectivity index is 1.56. The molecule has 1 aromatic rings. The van der Waals surface area contributed by atoms with E-state index in [-0.39, 0.29) is 0 Å². The van der Waals surface area contributed by atoms with Crippen LogP contribution in [-0.2, 0) is 6.42 Å². The van der Waals surface area contributed by atoms with Crippen molar-refractivity contribution in [2.24, 2.45) is 17.8 Å². The van der Waals surface area contributed by atoms with E-state index in [2.05, 4.69) is 36.5 Å². The molecule has 1 nitrogen and oxygen atoms in total. The number of rotatable bonds is 4. The predicted molar refractivity (Wildman–Crippen MR) is 73.2 cm³/mol. The molecule has 2 bridgehead atoms. The minimum Gasteiger partial charge on any atom is -0.385 e. The van der Waals surface area contributed by atoms with Gasteiger partial charge in [-0.15, -0.1) is 0 Å². The summed E-state index contributed by atoms with van der Waals surface area (Å²) in [5, 5.41) is 3.65. The average Bonchev–Trinajstić information content (AvgIpc) is 2.99. The van der Waals surface area contributed by atoms with Crippen molar-refractivity contribution < 1.29 is 0 Å². The number of fused-ring (bicyclic) bond motifs is 2. The third kappa shape index (κ3) is 2.34. The molecule has 2 aliphatic carbocycles. The molecule has 1 N–H and O–H groups in total. The Bertz CT molecular complexity index is 385. The van der Waals surface area contributed by atoms with Gasteiger partial charge in [0.2, 0.25) is 0 Å². The summed E-state index contributed by atoms with van der Waals surface area (Å²) >= 11 is 0. The lowest BCUT2D eigenvalue weighted by atomic mass is 9.89. The maximum atomic E-state index is 3.65. The number of anilines is 1. The van der Waals surface area contributed by atoms with Crippen molar-refractivity contribution in [1.29, 1.82) is 0 Å². The standard InChI is InChI=1S/C16H23N/c1-2-12-4-3-5-16(10-12)17-11-15-9-13-6-7-14(15)8-13/h3-5,10,13-15,17H,2,6-9,11H2,1H3. The zero-order chi connectivity index (χ0) is 11.7. The maximum Gasteiger partial charge on any atom is 0.0343 e. The van der Waals surface area contributed by atoms with E-state index in [1.54, 1.807) is 0 Å². The second-order valence-electron chi connectivity index (χ2n) is 5.87. The van der Waals surface area contributed by atoms with Crippen LogP contribution in [-0.4, -0.2) is 6.54 Å². The van der Waals surface area contributed by atoms with Gasteiger partial charge in [-0.05, 0) is 61.1 Å². The first-order valence-corrected chi connectivity index (χ1v) is 7.18. The Kier molecular flexibility index (Phi) is 3.09. The van der Waals surface area contributed by atoms with E-state index >= 15 is 0 Å². The van der Waals surface area contributed by atoms with Crippen molar-refractivity contribution in [3.8, 4) is 0 Å². The Morgan fingerprint density at radius 1 is 1.24 bits per heavy atom. The predicted octanol–water partition coefficient (Wildman–Crippen LogP) is 4.10. The minimum atomic E-state index is 0.944. The molecular weight excluding hydrogens is 206 g/mol. The van der Waals surface area contributed by atoms with Crippen molar-refractivity contribution in [3.05, 3.63) is 29.8 Å². The highest BCUT2D eigenvalue weighted by Crippen LogP contribution is 2.48. The SMILES string of the molecule is CCc1cccc(NCC2CC3CCC2C3)c1. The summed E-state index contributed by atoms with van der Waals surface area (Å²) in [5.74, 6) is 3.04. The van der Waals surface area contributed by atoms with E-state index in [1.165, 1.54) is 43.5 Å². The molecule has 0 radical (unpaired) electrons. The largest absolute Gasteiger partial charge is 0.385 e. The van der Waals surface area contributed by atoms with Gasteiger partial charge < -0.3 is 5.32 Å². The quantitative estimate of drug-likeness (QED) is 0.819. The first-order valence-electron chi connectivity index (χ1n) is 7.18. The highest BCUT2D eigenvalue weighted by atomic mass is 14.9. The van der Waals surface area contributed by atoms with E-state index in [9.17, 15) is 0 Å². The monoisotopic (exact) mass is 229 g/mol. The van der Waals surface area contributed by atoms with E-state index in [4.69, 9.17) is 0 Å². The van der Waals surface area contributed by atoms with Crippen LogP contribution in [0.15, 0.2) is 24.3 Å². The smallest absolute Gasteiger partial charge is 0.0343 e. The first kappa shape index (κ1) is 11.1. The van der Waals surface area contributed by atoms with Crippen LogP contribution in [0.25, 0.3) is 0 Å². The minimum absolute atomic E-state index is 0.944. The van der Waals surface area contributed by atoms with Gasteiger partial charge in [0.05, 0.1) is 0 Å². The summed E-state index contributed by atoms with van der Waals surface area (Å²) in [6, 6.07) is 8.88. The van der Waals surface area contributed by atoms with Gasteiger partial charge in [0.25, 0.3) is 0 Å². The average molecular weight is 229 g/mol. The van der Waals surface area contributed by atoms with Crippen LogP contribution in [0.5, 0.6) is 0 Å². The van der Waals surface area contributed by atoms with Crippen molar-refractivity contribution in [3.63, 3.8) is 0 Å². The molecule has 2 fully saturated rings. The van der Waals surface area contributed by atoms with Gasteiger partial charge in [0.1, 0.15) is 0 Å². The molecule has 0 aromatic heterocycles. The molecule has 3 atom stereocenters. The molecule has 0 aliphatic heterocycles. The van der Waals surface area contributed by atoms with Crippen LogP contribution >= 0.6 is 0 Å². The highest BCUT2D eigenvalue weighted by molar-refractivity contribution is 5.45. The van der Waals surface area contributed by atoms with Crippen LogP contribution in [0.4, 0.5) is 5.69 Å². The Hall–Kier alpha value is -0.980. The zero-order valence-corrected chi connectivity index (χ0v) is 10.8. The van der Waals surface area contributed by atoms with Gasteiger partial charge in [0, 0.05) is 12.2 Å². The van der Waals surface area contributed by atoms with Crippen LogP contribution in [0.1, 0.15) is 38.2 Å². The Labute approximate surface area is 105 Å². The number of aryl methyl sites for hydroxylation is 1. The lowest BCUT2D eigenvalue weighted by Crippen LogP contribution is -2.20. The zero-order valence-electron chi connectivity index (χ0n) is 10.8. The molecule has 2 saturated carbocycles. The second kappa shape index (κ2) is 4.72. The summed E-state index contributed by atoms with van der Waals surface area (Å²) in [4.78, 5) is 0. The number of hydrogen-bond acceptors (Lipinski definition) is 1. The molecule has 92 valence electrons. The summed E-state index contributed by atoms with van der Waals surface area (Å²) < 4.78 is 0. The molecule has 17 heavy (non-hydrogen) atoms. The molecule has 0 saturated heterocycles. The first-order chi connectivity index (χ1) is 8.35. The van der Waals surface area contributed by atoms with Crippen LogP contribution in [0, 0.1) is 17.8 Å². The van der Waals surface area contributed by atoms with E-state index in [0.717, 1.165) is 24.2 Å². The molecular formula is C16H23N. The van der Waals surface area contributed by atoms with Gasteiger partial charge >= 0.3 is 0 Å². The third-order valence-corrected chi connectivity index (χ3v) is 4.79. The number of nitrogens with one attached hydrogen (secondary N) is 1. The molecule has 0 heterocycles. The van der Waals surface area contributed by atoms with Gasteiger partial charge in [-0.3, -0.25) is 0 Å². The Morgan fingerprint density at radius 3 is 2.88 bits per heavy atom. The van der Waals surface area contributed by atoms with E-state index in [0.29, 0.717) is 0 Å². The fourth-order valence-corrected chi connectivity index (χ4v) is 3.78. The van der Waals surface area contributed by atoms with Crippen LogP contribution in [0.3, 0.4) is 0 Å². The highest BCUT2D eigenvalue weighted by Gasteiger charge is 2.38. The van der Waals surface area contributed by atoms with Crippen molar-refractivity contribution in [2.75, 3.05) is 11.9 Å². The molecule has 2 aliphatic rings. The van der Waals surface area contributed by atoms with Crippen molar-refractivity contribution in [2.45, 2.75) is 39.0 Å². The molecule has 3 rings (SSSR count). The lowest BCUT2D eigenvalue weighted by Gasteiger charge is -2.22. The van der Waals surface area contributed by atoms with Gasteiger partial charge in [0.15, 0.2) is 0 Å². The molecule has 0 amide bonds. The second-order valence-corrected chi connectivity index (χ2v) is 5.87. The van der Waals surface area contributed by atoms with Gasteiger partial charge in [-0.25, -0.2) is 0 Å². The van der Waals surface area contributed by atoms with Crippen molar-refractivity contribution in [1.82, 2.24) is 0 Å². The van der Waals surface area contributed by atoms with Crippen LogP contribution < -0.4 is 5.32 Å². The molecule has 3 unspecified atom stereocenters. The summed E-state index contributed by atoms with van der Waals surface area (Å²) in [7, 11) is 0. The van der Waals surface area contributed by atoms with E-state index in [1.807, 2.05) is 0 Å². The summed E-state index contributed by atoms with van der Waals surface area (Å²) in [5.41, 5.74) is 2.75. The molecule has 1 heteroatoms. The summed E-state index contributed by atoms with van der Waals surface area (Å²) in [6.45, 7) is 3.41. The van der Waals surface area contributed by atoms with E-state index < -0.39 is 0 Å². The maximum absolute atomic E-state index is 3.65. The molecule has 1 aromatic carbocycles. The summed E-state index contributed by atoms with van der Waals surface area (Å²) in [6.07, 6.45) is 7.12. The lowest BCUT2D eigenvalue weighted by molar-refractivity contribution is 0.348. The normalized spacial score (nSPS) is 30.8. The Morgan fingerprint density at radius 2 is 2.18 bits per heavy atom. The number of benzene rings is 1. The van der Waals surface area contributed by atoms with Gasteiger partial charge in [-0.2, -0.15) is 0 Å². The fourth-order valence-electron chi connectivity index (χ4n) is 3.78. The van der Waals surface area contributed by atoms with Crippen molar-refractivity contribution >= 4 is 5.69 Å². The topological polar surface area (TPSA) is 12.0 Å². The van der Waals surface area contributed by atoms with Gasteiger partial charge in [-0.1, -0.05) is 25.5 Å². The molecule has 0 spiro atoms. The number of hydrogen-bond donors (Lipinski definition) is 1. The fraction of sp³-hybridized carbons (Fsp3) is 0.625. The van der Waals surface area contributed by atoms with Crippen LogP contribution in [0.2, 0.25) is 0 Å². The third-order valence-electron chi connectivity index (χ3n) is 4.79.